The van der Waals surface area contributed by atoms with Gasteiger partial charge in [0.25, 0.3) is 0 Å². The second-order valence-electron chi connectivity index (χ2n) is 3.42. The Kier molecular flexibility index (Phi) is 4.90. The van der Waals surface area contributed by atoms with Crippen LogP contribution in [0.5, 0.6) is 5.75 Å². The van der Waals surface area contributed by atoms with Gasteiger partial charge in [0.2, 0.25) is 0 Å². The van der Waals surface area contributed by atoms with Gasteiger partial charge in [-0.25, -0.2) is 4.39 Å². The van der Waals surface area contributed by atoms with Gasteiger partial charge >= 0.3 is 5.97 Å². The number of aliphatic hydroxyl groups excluding tert-OH is 1. The van der Waals surface area contributed by atoms with E-state index in [0.29, 0.717) is 5.56 Å². The highest BCUT2D eigenvalue weighted by Gasteiger charge is 2.15. The van der Waals surface area contributed by atoms with Gasteiger partial charge in [-0.1, -0.05) is 6.07 Å². The third-order valence-corrected chi connectivity index (χ3v) is 2.23. The van der Waals surface area contributed by atoms with Gasteiger partial charge in [0, 0.05) is 0 Å². The Bertz CT molecular complexity index is 392. The number of carbonyl (C=O) groups is 1. The number of rotatable bonds is 5. The van der Waals surface area contributed by atoms with Crippen molar-refractivity contribution in [2.24, 2.45) is 0 Å². The number of hydrogen-bond donors (Lipinski definition) is 1. The molecule has 0 radical (unpaired) electrons. The molecule has 0 aliphatic heterocycles. The molecule has 0 saturated heterocycles. The average molecular weight is 242 g/mol. The van der Waals surface area contributed by atoms with Crippen molar-refractivity contribution in [3.63, 3.8) is 0 Å². The van der Waals surface area contributed by atoms with E-state index in [1.54, 1.807) is 6.92 Å². The molecule has 0 bridgehead atoms. The maximum atomic E-state index is 13.3. The molecule has 0 saturated carbocycles. The van der Waals surface area contributed by atoms with E-state index in [1.807, 2.05) is 0 Å². The fourth-order valence-electron chi connectivity index (χ4n) is 1.39. The van der Waals surface area contributed by atoms with Gasteiger partial charge in [0.05, 0.1) is 26.2 Å². The molecule has 0 aliphatic rings. The first kappa shape index (κ1) is 13.4. The first-order chi connectivity index (χ1) is 8.08. The molecular formula is C12H15FO4. The van der Waals surface area contributed by atoms with Crippen LogP contribution in [0.25, 0.3) is 0 Å². The minimum atomic E-state index is -1.07. The average Bonchev–Trinajstić information content (AvgIpc) is 2.29. The summed E-state index contributed by atoms with van der Waals surface area (Å²) in [4.78, 5) is 11.1. The SMILES string of the molecule is CCOC(=O)CC(O)c1ccc(OC)c(F)c1. The second kappa shape index (κ2) is 6.20. The lowest BCUT2D eigenvalue weighted by Crippen LogP contribution is -2.10. The summed E-state index contributed by atoms with van der Waals surface area (Å²) in [7, 11) is 1.35. The summed E-state index contributed by atoms with van der Waals surface area (Å²) < 4.78 is 22.8. The monoisotopic (exact) mass is 242 g/mol. The van der Waals surface area contributed by atoms with Crippen molar-refractivity contribution in [1.82, 2.24) is 0 Å². The number of benzene rings is 1. The normalized spacial score (nSPS) is 12.0. The van der Waals surface area contributed by atoms with E-state index in [2.05, 4.69) is 0 Å². The van der Waals surface area contributed by atoms with Crippen LogP contribution < -0.4 is 4.74 Å². The number of methoxy groups -OCH3 is 1. The van der Waals surface area contributed by atoms with Gasteiger partial charge in [0.1, 0.15) is 0 Å². The molecule has 1 aromatic rings. The van der Waals surface area contributed by atoms with Gasteiger partial charge in [-0.2, -0.15) is 0 Å². The molecule has 0 aromatic heterocycles. The first-order valence-electron chi connectivity index (χ1n) is 5.25. The molecule has 5 heteroatoms. The zero-order valence-electron chi connectivity index (χ0n) is 9.77. The minimum absolute atomic E-state index is 0.0945. The quantitative estimate of drug-likeness (QED) is 0.800. The largest absolute Gasteiger partial charge is 0.494 e. The molecule has 0 aliphatic carbocycles. The molecule has 17 heavy (non-hydrogen) atoms. The summed E-state index contributed by atoms with van der Waals surface area (Å²) in [6.07, 6.45) is -1.27. The molecule has 94 valence electrons. The summed E-state index contributed by atoms with van der Waals surface area (Å²) in [5.74, 6) is -0.999. The van der Waals surface area contributed by atoms with E-state index in [-0.39, 0.29) is 18.8 Å². The number of hydrogen-bond acceptors (Lipinski definition) is 4. The Morgan fingerprint density at radius 1 is 1.53 bits per heavy atom. The molecule has 1 N–H and O–H groups in total. The first-order valence-corrected chi connectivity index (χ1v) is 5.25. The Morgan fingerprint density at radius 2 is 2.24 bits per heavy atom. The van der Waals surface area contributed by atoms with E-state index < -0.39 is 17.9 Å². The number of esters is 1. The van der Waals surface area contributed by atoms with Crippen molar-refractivity contribution in [1.29, 1.82) is 0 Å². The van der Waals surface area contributed by atoms with Crippen LogP contribution in [0.4, 0.5) is 4.39 Å². The maximum Gasteiger partial charge on any atom is 0.308 e. The van der Waals surface area contributed by atoms with E-state index >= 15 is 0 Å². The van der Waals surface area contributed by atoms with Crippen LogP contribution in [0.1, 0.15) is 25.0 Å². The predicted molar refractivity (Wildman–Crippen MR) is 59.2 cm³/mol. The molecule has 0 fully saturated rings. The molecule has 1 unspecified atom stereocenters. The lowest BCUT2D eigenvalue weighted by atomic mass is 10.1. The summed E-state index contributed by atoms with van der Waals surface area (Å²) >= 11 is 0. The second-order valence-corrected chi connectivity index (χ2v) is 3.42. The minimum Gasteiger partial charge on any atom is -0.494 e. The smallest absolute Gasteiger partial charge is 0.308 e. The molecule has 1 atom stereocenters. The Morgan fingerprint density at radius 3 is 2.76 bits per heavy atom. The van der Waals surface area contributed by atoms with Crippen LogP contribution in [0.3, 0.4) is 0 Å². The van der Waals surface area contributed by atoms with Gasteiger partial charge in [-0.05, 0) is 24.6 Å². The fourth-order valence-corrected chi connectivity index (χ4v) is 1.39. The third kappa shape index (κ3) is 3.71. The van der Waals surface area contributed by atoms with Crippen molar-refractivity contribution in [3.8, 4) is 5.75 Å². The molecule has 0 amide bonds. The highest BCUT2D eigenvalue weighted by atomic mass is 19.1. The van der Waals surface area contributed by atoms with Crippen LogP contribution in [0.15, 0.2) is 18.2 Å². The molecule has 0 spiro atoms. The zero-order chi connectivity index (χ0) is 12.8. The Balaban J connectivity index is 2.72. The lowest BCUT2D eigenvalue weighted by Gasteiger charge is -2.11. The van der Waals surface area contributed by atoms with Crippen LogP contribution in [0.2, 0.25) is 0 Å². The summed E-state index contributed by atoms with van der Waals surface area (Å²) in [5, 5.41) is 9.70. The van der Waals surface area contributed by atoms with Gasteiger partial charge in [-0.15, -0.1) is 0 Å². The van der Waals surface area contributed by atoms with E-state index in [9.17, 15) is 14.3 Å². The highest BCUT2D eigenvalue weighted by molar-refractivity contribution is 5.70. The molecule has 0 heterocycles. The fraction of sp³-hybridized carbons (Fsp3) is 0.417. The molecular weight excluding hydrogens is 227 g/mol. The van der Waals surface area contributed by atoms with Crippen molar-refractivity contribution in [2.75, 3.05) is 13.7 Å². The number of halogens is 1. The van der Waals surface area contributed by atoms with Crippen LogP contribution >= 0.6 is 0 Å². The van der Waals surface area contributed by atoms with E-state index in [1.165, 1.54) is 19.2 Å². The molecule has 4 nitrogen and oxygen atoms in total. The summed E-state index contributed by atoms with van der Waals surface area (Å²) in [5.41, 5.74) is 0.316. The summed E-state index contributed by atoms with van der Waals surface area (Å²) in [6.45, 7) is 1.93. The topological polar surface area (TPSA) is 55.8 Å². The van der Waals surface area contributed by atoms with E-state index in [4.69, 9.17) is 9.47 Å². The van der Waals surface area contributed by atoms with Crippen molar-refractivity contribution >= 4 is 5.97 Å². The van der Waals surface area contributed by atoms with Gasteiger partial charge in [0.15, 0.2) is 11.6 Å². The molecule has 1 rings (SSSR count). The third-order valence-electron chi connectivity index (χ3n) is 2.23. The van der Waals surface area contributed by atoms with Crippen molar-refractivity contribution in [2.45, 2.75) is 19.4 Å². The summed E-state index contributed by atoms with van der Waals surface area (Å²) in [6, 6.07) is 4.05. The van der Waals surface area contributed by atoms with Crippen LogP contribution in [-0.4, -0.2) is 24.8 Å². The van der Waals surface area contributed by atoms with Crippen molar-refractivity contribution < 1.29 is 23.8 Å². The van der Waals surface area contributed by atoms with Crippen LogP contribution in [-0.2, 0) is 9.53 Å². The zero-order valence-corrected chi connectivity index (χ0v) is 9.77. The number of aliphatic hydroxyl groups is 1. The molecule has 1 aromatic carbocycles. The Labute approximate surface area is 99.0 Å². The Hall–Kier alpha value is -1.62. The van der Waals surface area contributed by atoms with Crippen molar-refractivity contribution in [3.05, 3.63) is 29.6 Å². The maximum absolute atomic E-state index is 13.3. The van der Waals surface area contributed by atoms with E-state index in [0.717, 1.165) is 6.07 Å². The predicted octanol–water partition coefficient (Wildman–Crippen LogP) is 1.82. The van der Waals surface area contributed by atoms with Gasteiger partial charge in [-0.3, -0.25) is 4.79 Å². The number of carbonyl (C=O) groups excluding carboxylic acids is 1. The highest BCUT2D eigenvalue weighted by Crippen LogP contribution is 2.23. The standard InChI is InChI=1S/C12H15FO4/c1-3-17-12(15)7-10(14)8-4-5-11(16-2)9(13)6-8/h4-6,10,14H,3,7H2,1-2H3. The van der Waals surface area contributed by atoms with Gasteiger partial charge < -0.3 is 14.6 Å². The lowest BCUT2D eigenvalue weighted by molar-refractivity contribution is -0.145. The number of ether oxygens (including phenoxy) is 2. The van der Waals surface area contributed by atoms with Crippen LogP contribution in [0, 0.1) is 5.82 Å².